The van der Waals surface area contributed by atoms with Crippen LogP contribution in [0.5, 0.6) is 0 Å². The Morgan fingerprint density at radius 2 is 2.14 bits per heavy atom. The molecule has 3 heteroatoms. The van der Waals surface area contributed by atoms with Gasteiger partial charge in [0.2, 0.25) is 0 Å². The van der Waals surface area contributed by atoms with E-state index in [4.69, 9.17) is 0 Å². The number of nitrogens with zero attached hydrogens (tertiary/aromatic N) is 1. The van der Waals surface area contributed by atoms with Crippen LogP contribution in [0.25, 0.3) is 0 Å². The van der Waals surface area contributed by atoms with Crippen LogP contribution in [-0.4, -0.2) is 41.1 Å². The van der Waals surface area contributed by atoms with Crippen molar-refractivity contribution in [1.82, 2.24) is 4.90 Å². The average molecular weight is 233 g/mol. The first kappa shape index (κ1) is 12.7. The smallest absolute Gasteiger partial charge is 0.0445 e. The summed E-state index contributed by atoms with van der Waals surface area (Å²) in [7, 11) is 0. The maximum absolute atomic E-state index is 2.57. The van der Waals surface area contributed by atoms with Crippen LogP contribution in [0.2, 0.25) is 0 Å². The summed E-state index contributed by atoms with van der Waals surface area (Å²) in [6.45, 7) is 4.91. The molecule has 1 aliphatic rings. The largest absolute Gasteiger partial charge is 0.292 e. The molecule has 1 aliphatic heterocycles. The van der Waals surface area contributed by atoms with Crippen LogP contribution in [0.4, 0.5) is 0 Å². The van der Waals surface area contributed by atoms with Crippen molar-refractivity contribution in [2.24, 2.45) is 0 Å². The lowest BCUT2D eigenvalue weighted by atomic mass is 10.2. The van der Waals surface area contributed by atoms with E-state index in [2.05, 4.69) is 35.3 Å². The summed E-state index contributed by atoms with van der Waals surface area (Å²) in [5, 5.41) is 0. The van der Waals surface area contributed by atoms with Gasteiger partial charge in [0.05, 0.1) is 0 Å². The summed E-state index contributed by atoms with van der Waals surface area (Å²) < 4.78 is 0. The molecule has 1 saturated heterocycles. The van der Waals surface area contributed by atoms with Crippen molar-refractivity contribution in [3.05, 3.63) is 0 Å². The van der Waals surface area contributed by atoms with Crippen molar-refractivity contribution in [2.75, 3.05) is 36.2 Å². The third-order valence-electron chi connectivity index (χ3n) is 2.52. The Balaban J connectivity index is 1.75. The summed E-state index contributed by atoms with van der Waals surface area (Å²) in [6.07, 6.45) is 5.63. The fraction of sp³-hybridized carbons (Fsp3) is 1.00. The number of thioether (sulfide) groups is 2. The standard InChI is InChI=1S/C11H23NS2/c1-2-3-4-5-8-13-9-6-12-7-10-14-11-12/h2-11H2,1H3. The van der Waals surface area contributed by atoms with Crippen LogP contribution in [-0.2, 0) is 0 Å². The highest BCUT2D eigenvalue weighted by atomic mass is 32.2. The molecule has 1 rings (SSSR count). The van der Waals surface area contributed by atoms with Gasteiger partial charge < -0.3 is 0 Å². The molecule has 0 aliphatic carbocycles. The second-order valence-corrected chi connectivity index (χ2v) is 6.13. The van der Waals surface area contributed by atoms with Crippen LogP contribution in [0.3, 0.4) is 0 Å². The molecule has 0 amide bonds. The maximum Gasteiger partial charge on any atom is 0.0445 e. The summed E-state index contributed by atoms with van der Waals surface area (Å²) in [5.74, 6) is 5.34. The number of rotatable bonds is 8. The Bertz CT molecular complexity index is 124. The van der Waals surface area contributed by atoms with Gasteiger partial charge in [0, 0.05) is 30.5 Å². The van der Waals surface area contributed by atoms with Gasteiger partial charge in [-0.05, 0) is 12.2 Å². The van der Waals surface area contributed by atoms with Crippen LogP contribution < -0.4 is 0 Å². The molecule has 0 spiro atoms. The van der Waals surface area contributed by atoms with E-state index in [9.17, 15) is 0 Å². The van der Waals surface area contributed by atoms with Crippen molar-refractivity contribution in [2.45, 2.75) is 32.6 Å². The molecule has 84 valence electrons. The molecule has 0 bridgehead atoms. The third-order valence-corrected chi connectivity index (χ3v) is 4.59. The van der Waals surface area contributed by atoms with E-state index in [-0.39, 0.29) is 0 Å². The highest BCUT2D eigenvalue weighted by molar-refractivity contribution is 7.99. The van der Waals surface area contributed by atoms with Gasteiger partial charge in [0.15, 0.2) is 0 Å². The molecule has 1 heterocycles. The maximum atomic E-state index is 2.57. The van der Waals surface area contributed by atoms with Crippen molar-refractivity contribution < 1.29 is 0 Å². The highest BCUT2D eigenvalue weighted by Gasteiger charge is 2.10. The number of hydrogen-bond donors (Lipinski definition) is 0. The molecule has 0 radical (unpaired) electrons. The van der Waals surface area contributed by atoms with Gasteiger partial charge in [-0.15, -0.1) is 11.8 Å². The second-order valence-electron chi connectivity index (χ2n) is 3.83. The van der Waals surface area contributed by atoms with E-state index in [0.717, 1.165) is 0 Å². The molecule has 0 saturated carbocycles. The van der Waals surface area contributed by atoms with Crippen LogP contribution in [0.1, 0.15) is 32.6 Å². The Hall–Kier alpha value is 0.660. The zero-order chi connectivity index (χ0) is 10.1. The van der Waals surface area contributed by atoms with E-state index in [0.29, 0.717) is 0 Å². The first-order valence-corrected chi connectivity index (χ1v) is 8.12. The summed E-state index contributed by atoms with van der Waals surface area (Å²) >= 11 is 4.21. The lowest BCUT2D eigenvalue weighted by Crippen LogP contribution is -2.22. The molecule has 1 fully saturated rings. The molecule has 0 aromatic rings. The fourth-order valence-corrected chi connectivity index (χ4v) is 3.59. The van der Waals surface area contributed by atoms with Gasteiger partial charge >= 0.3 is 0 Å². The van der Waals surface area contributed by atoms with Gasteiger partial charge in [0.25, 0.3) is 0 Å². The molecular weight excluding hydrogens is 210 g/mol. The van der Waals surface area contributed by atoms with E-state index in [1.165, 1.54) is 61.9 Å². The van der Waals surface area contributed by atoms with E-state index < -0.39 is 0 Å². The molecule has 0 unspecified atom stereocenters. The third kappa shape index (κ3) is 6.20. The average Bonchev–Trinajstić information content (AvgIpc) is 2.69. The summed E-state index contributed by atoms with van der Waals surface area (Å²) in [5.41, 5.74) is 0. The van der Waals surface area contributed by atoms with Crippen molar-refractivity contribution >= 4 is 23.5 Å². The lowest BCUT2D eigenvalue weighted by Gasteiger charge is -2.12. The SMILES string of the molecule is CCCCCCSCCN1CCSC1. The molecule has 0 atom stereocenters. The first-order valence-electron chi connectivity index (χ1n) is 5.81. The monoisotopic (exact) mass is 233 g/mol. The first-order chi connectivity index (χ1) is 6.93. The minimum absolute atomic E-state index is 1.27. The van der Waals surface area contributed by atoms with Crippen LogP contribution in [0, 0.1) is 0 Å². The van der Waals surface area contributed by atoms with Crippen molar-refractivity contribution in [3.63, 3.8) is 0 Å². The van der Waals surface area contributed by atoms with E-state index in [1.807, 2.05) is 0 Å². The molecule has 1 nitrogen and oxygen atoms in total. The van der Waals surface area contributed by atoms with E-state index in [1.54, 1.807) is 0 Å². The Labute approximate surface area is 97.4 Å². The molecular formula is C11H23NS2. The summed E-state index contributed by atoms with van der Waals surface area (Å²) in [4.78, 5) is 2.57. The zero-order valence-electron chi connectivity index (χ0n) is 9.33. The topological polar surface area (TPSA) is 3.24 Å². The fourth-order valence-electron chi connectivity index (χ4n) is 1.55. The zero-order valence-corrected chi connectivity index (χ0v) is 11.0. The molecule has 0 aromatic heterocycles. The van der Waals surface area contributed by atoms with Gasteiger partial charge in [-0.1, -0.05) is 26.2 Å². The Morgan fingerprint density at radius 3 is 2.86 bits per heavy atom. The predicted molar refractivity (Wildman–Crippen MR) is 70.4 cm³/mol. The Morgan fingerprint density at radius 1 is 1.21 bits per heavy atom. The number of unbranched alkanes of at least 4 members (excludes halogenated alkanes) is 3. The molecule has 0 N–H and O–H groups in total. The minimum atomic E-state index is 1.27. The van der Waals surface area contributed by atoms with Crippen LogP contribution >= 0.6 is 23.5 Å². The molecule has 0 aromatic carbocycles. The van der Waals surface area contributed by atoms with Crippen molar-refractivity contribution in [3.8, 4) is 0 Å². The predicted octanol–water partition coefficient (Wildman–Crippen LogP) is 3.31. The van der Waals surface area contributed by atoms with Gasteiger partial charge in [-0.2, -0.15) is 11.8 Å². The molecule has 14 heavy (non-hydrogen) atoms. The van der Waals surface area contributed by atoms with Gasteiger partial charge in [-0.25, -0.2) is 0 Å². The minimum Gasteiger partial charge on any atom is -0.292 e. The van der Waals surface area contributed by atoms with Gasteiger partial charge in [-0.3, -0.25) is 4.90 Å². The Kier molecular flexibility index (Phi) is 8.12. The second kappa shape index (κ2) is 8.93. The van der Waals surface area contributed by atoms with Gasteiger partial charge in [0.1, 0.15) is 0 Å². The lowest BCUT2D eigenvalue weighted by molar-refractivity contribution is 0.380. The normalized spacial score (nSPS) is 17.8. The van der Waals surface area contributed by atoms with Crippen LogP contribution in [0.15, 0.2) is 0 Å². The van der Waals surface area contributed by atoms with Crippen molar-refractivity contribution in [1.29, 1.82) is 0 Å². The number of hydrogen-bond acceptors (Lipinski definition) is 3. The highest BCUT2D eigenvalue weighted by Crippen LogP contribution is 2.14. The van der Waals surface area contributed by atoms with E-state index >= 15 is 0 Å². The quantitative estimate of drug-likeness (QED) is 0.592. The summed E-state index contributed by atoms with van der Waals surface area (Å²) in [6, 6.07) is 0.